The van der Waals surface area contributed by atoms with E-state index in [2.05, 4.69) is 27.8 Å². The van der Waals surface area contributed by atoms with Gasteiger partial charge in [0, 0.05) is 25.4 Å². The first kappa shape index (κ1) is 16.4. The summed E-state index contributed by atoms with van der Waals surface area (Å²) in [5, 5.41) is 9.19. The Morgan fingerprint density at radius 1 is 1.27 bits per heavy atom. The highest BCUT2D eigenvalue weighted by Gasteiger charge is 2.41. The average molecular weight is 345 g/mol. The summed E-state index contributed by atoms with van der Waals surface area (Å²) >= 11 is 0. The second-order valence-electron chi connectivity index (χ2n) is 6.38. The summed E-state index contributed by atoms with van der Waals surface area (Å²) in [5.74, 6) is 0.816. The van der Waals surface area contributed by atoms with Gasteiger partial charge in [-0.1, -0.05) is 18.2 Å². The SMILES string of the molecule is COc1ccc(C2(CCn3ccnc3)OCc3cc(C#N)ccc32)cc1. The van der Waals surface area contributed by atoms with E-state index in [1.165, 1.54) is 0 Å². The van der Waals surface area contributed by atoms with Gasteiger partial charge < -0.3 is 14.0 Å². The second-order valence-corrected chi connectivity index (χ2v) is 6.38. The zero-order valence-electron chi connectivity index (χ0n) is 14.6. The molecule has 0 fully saturated rings. The number of nitriles is 1. The fraction of sp³-hybridized carbons (Fsp3) is 0.238. The summed E-state index contributed by atoms with van der Waals surface area (Å²) in [6, 6.07) is 16.1. The molecule has 2 aromatic carbocycles. The molecule has 0 N–H and O–H groups in total. The molecule has 0 aliphatic carbocycles. The molecule has 1 atom stereocenters. The van der Waals surface area contributed by atoms with Crippen molar-refractivity contribution >= 4 is 0 Å². The van der Waals surface area contributed by atoms with Crippen LogP contribution in [-0.2, 0) is 23.5 Å². The maximum absolute atomic E-state index is 9.19. The quantitative estimate of drug-likeness (QED) is 0.708. The number of nitrogens with zero attached hydrogens (tertiary/aromatic N) is 3. The molecule has 130 valence electrons. The summed E-state index contributed by atoms with van der Waals surface area (Å²) in [5.41, 5.74) is 3.40. The Kier molecular flexibility index (Phi) is 4.19. The lowest BCUT2D eigenvalue weighted by Gasteiger charge is -2.31. The van der Waals surface area contributed by atoms with E-state index in [9.17, 15) is 5.26 Å². The normalized spacial score (nSPS) is 18.3. The molecule has 0 saturated heterocycles. The number of aromatic nitrogens is 2. The van der Waals surface area contributed by atoms with Crippen molar-refractivity contribution in [2.45, 2.75) is 25.2 Å². The highest BCUT2D eigenvalue weighted by molar-refractivity contribution is 5.48. The van der Waals surface area contributed by atoms with E-state index in [1.54, 1.807) is 13.3 Å². The first-order valence-corrected chi connectivity index (χ1v) is 8.53. The lowest BCUT2D eigenvalue weighted by Crippen LogP contribution is -2.28. The van der Waals surface area contributed by atoms with Crippen LogP contribution in [0.1, 0.15) is 28.7 Å². The maximum Gasteiger partial charge on any atom is 0.121 e. The third-order valence-corrected chi connectivity index (χ3v) is 4.98. The van der Waals surface area contributed by atoms with Gasteiger partial charge in [-0.25, -0.2) is 4.98 Å². The van der Waals surface area contributed by atoms with Gasteiger partial charge in [0.25, 0.3) is 0 Å². The smallest absolute Gasteiger partial charge is 0.121 e. The predicted octanol–water partition coefficient (Wildman–Crippen LogP) is 3.63. The molecule has 0 amide bonds. The van der Waals surface area contributed by atoms with Gasteiger partial charge in [0.2, 0.25) is 0 Å². The molecule has 26 heavy (non-hydrogen) atoms. The second kappa shape index (κ2) is 6.66. The van der Waals surface area contributed by atoms with Crippen LogP contribution < -0.4 is 4.74 Å². The maximum atomic E-state index is 9.19. The Bertz CT molecular complexity index is 942. The van der Waals surface area contributed by atoms with Crippen LogP contribution in [0.5, 0.6) is 5.75 Å². The number of methoxy groups -OCH3 is 1. The fourth-order valence-electron chi connectivity index (χ4n) is 3.61. The Morgan fingerprint density at radius 2 is 2.12 bits per heavy atom. The van der Waals surface area contributed by atoms with Crippen molar-refractivity contribution in [3.63, 3.8) is 0 Å². The Labute approximate surface area is 152 Å². The molecule has 3 aromatic rings. The highest BCUT2D eigenvalue weighted by atomic mass is 16.5. The molecule has 1 aliphatic heterocycles. The zero-order valence-corrected chi connectivity index (χ0v) is 14.6. The molecule has 0 saturated carbocycles. The fourth-order valence-corrected chi connectivity index (χ4v) is 3.61. The summed E-state index contributed by atoms with van der Waals surface area (Å²) in [4.78, 5) is 4.12. The highest BCUT2D eigenvalue weighted by Crippen LogP contribution is 2.45. The monoisotopic (exact) mass is 345 g/mol. The van der Waals surface area contributed by atoms with Gasteiger partial charge in [-0.15, -0.1) is 0 Å². The van der Waals surface area contributed by atoms with Crippen molar-refractivity contribution in [3.8, 4) is 11.8 Å². The molecular weight excluding hydrogens is 326 g/mol. The van der Waals surface area contributed by atoms with Crippen molar-refractivity contribution in [1.29, 1.82) is 5.26 Å². The summed E-state index contributed by atoms with van der Waals surface area (Å²) in [6.07, 6.45) is 6.32. The van der Waals surface area contributed by atoms with Crippen molar-refractivity contribution in [3.05, 3.63) is 83.4 Å². The van der Waals surface area contributed by atoms with Gasteiger partial charge in [0.05, 0.1) is 31.7 Å². The van der Waals surface area contributed by atoms with Gasteiger partial charge in [-0.3, -0.25) is 0 Å². The zero-order chi connectivity index (χ0) is 18.0. The predicted molar refractivity (Wildman–Crippen MR) is 96.6 cm³/mol. The Morgan fingerprint density at radius 3 is 2.81 bits per heavy atom. The van der Waals surface area contributed by atoms with Crippen molar-refractivity contribution < 1.29 is 9.47 Å². The first-order chi connectivity index (χ1) is 12.7. The van der Waals surface area contributed by atoms with Crippen LogP contribution in [0.3, 0.4) is 0 Å². The number of hydrogen-bond acceptors (Lipinski definition) is 4. The Balaban J connectivity index is 1.77. The van der Waals surface area contributed by atoms with E-state index in [1.807, 2.05) is 42.9 Å². The topological polar surface area (TPSA) is 60.1 Å². The Hall–Kier alpha value is -3.10. The molecule has 5 heteroatoms. The van der Waals surface area contributed by atoms with E-state index in [0.717, 1.165) is 35.4 Å². The minimum Gasteiger partial charge on any atom is -0.497 e. The summed E-state index contributed by atoms with van der Waals surface area (Å²) < 4.78 is 13.7. The number of ether oxygens (including phenoxy) is 2. The van der Waals surface area contributed by atoms with Crippen LogP contribution >= 0.6 is 0 Å². The molecule has 0 radical (unpaired) electrons. The lowest BCUT2D eigenvalue weighted by atomic mass is 9.82. The molecule has 1 aliphatic rings. The van der Waals surface area contributed by atoms with Crippen LogP contribution in [-0.4, -0.2) is 16.7 Å². The van der Waals surface area contributed by atoms with E-state index in [0.29, 0.717) is 12.2 Å². The number of fused-ring (bicyclic) bond motifs is 1. The number of aryl methyl sites for hydroxylation is 1. The summed E-state index contributed by atoms with van der Waals surface area (Å²) in [7, 11) is 1.66. The van der Waals surface area contributed by atoms with Crippen molar-refractivity contribution in [2.75, 3.05) is 7.11 Å². The van der Waals surface area contributed by atoms with Gasteiger partial charge in [0.1, 0.15) is 11.4 Å². The number of benzene rings is 2. The first-order valence-electron chi connectivity index (χ1n) is 8.53. The molecule has 0 bridgehead atoms. The molecular formula is C21H19N3O2. The van der Waals surface area contributed by atoms with Crippen LogP contribution in [0.15, 0.2) is 61.2 Å². The lowest BCUT2D eigenvalue weighted by molar-refractivity contribution is -0.0146. The van der Waals surface area contributed by atoms with Crippen LogP contribution in [0, 0.1) is 11.3 Å². The minimum atomic E-state index is -0.542. The van der Waals surface area contributed by atoms with Crippen molar-refractivity contribution in [1.82, 2.24) is 9.55 Å². The van der Waals surface area contributed by atoms with Crippen molar-refractivity contribution in [2.24, 2.45) is 0 Å². The molecule has 1 unspecified atom stereocenters. The van der Waals surface area contributed by atoms with Crippen LogP contribution in [0.4, 0.5) is 0 Å². The molecule has 1 aromatic heterocycles. The third-order valence-electron chi connectivity index (χ3n) is 4.98. The van der Waals surface area contributed by atoms with Gasteiger partial charge >= 0.3 is 0 Å². The van der Waals surface area contributed by atoms with E-state index < -0.39 is 5.60 Å². The minimum absolute atomic E-state index is 0.501. The molecule has 0 spiro atoms. The third kappa shape index (κ3) is 2.75. The van der Waals surface area contributed by atoms with Crippen LogP contribution in [0.25, 0.3) is 0 Å². The average Bonchev–Trinajstić information content (AvgIpc) is 3.34. The standard InChI is InChI=1S/C21H19N3O2/c1-25-19-5-3-18(4-6-19)21(8-10-24-11-9-23-15-24)20-7-2-16(13-22)12-17(20)14-26-21/h2-7,9,11-12,15H,8,10,14H2,1H3. The van der Waals surface area contributed by atoms with Gasteiger partial charge in [-0.2, -0.15) is 5.26 Å². The number of rotatable bonds is 5. The summed E-state index contributed by atoms with van der Waals surface area (Å²) in [6.45, 7) is 1.28. The number of hydrogen-bond donors (Lipinski definition) is 0. The van der Waals surface area contributed by atoms with Gasteiger partial charge in [0.15, 0.2) is 0 Å². The van der Waals surface area contributed by atoms with E-state index in [4.69, 9.17) is 9.47 Å². The number of imidazole rings is 1. The van der Waals surface area contributed by atoms with E-state index in [-0.39, 0.29) is 0 Å². The molecule has 4 rings (SSSR count). The molecule has 2 heterocycles. The van der Waals surface area contributed by atoms with Crippen LogP contribution in [0.2, 0.25) is 0 Å². The van der Waals surface area contributed by atoms with E-state index >= 15 is 0 Å². The largest absolute Gasteiger partial charge is 0.497 e. The molecule has 5 nitrogen and oxygen atoms in total. The van der Waals surface area contributed by atoms with Gasteiger partial charge in [-0.05, 0) is 41.0 Å².